The number of furan rings is 1. The molecule has 0 amide bonds. The number of rotatable bonds is 8. The van der Waals surface area contributed by atoms with E-state index in [-0.39, 0.29) is 6.54 Å². The Bertz CT molecular complexity index is 684. The monoisotopic (exact) mass is 357 g/mol. The van der Waals surface area contributed by atoms with Crippen LogP contribution in [-0.4, -0.2) is 24.4 Å². The van der Waals surface area contributed by atoms with Crippen LogP contribution < -0.4 is 10.1 Å². The predicted molar refractivity (Wildman–Crippen MR) is 87.3 cm³/mol. The van der Waals surface area contributed by atoms with Gasteiger partial charge in [-0.05, 0) is 38.6 Å². The summed E-state index contributed by atoms with van der Waals surface area (Å²) in [5.41, 5.74) is -2.18. The summed E-state index contributed by atoms with van der Waals surface area (Å²) in [5, 5.41) is 13.1. The summed E-state index contributed by atoms with van der Waals surface area (Å²) in [6, 6.07) is 9.86. The Hall–Kier alpha value is -1.99. The maximum absolute atomic E-state index is 13.4. The lowest BCUT2D eigenvalue weighted by atomic mass is 9.95. The minimum atomic E-state index is -4.83. The van der Waals surface area contributed by atoms with Crippen LogP contribution in [0.4, 0.5) is 13.2 Å². The van der Waals surface area contributed by atoms with E-state index in [1.807, 2.05) is 25.1 Å². The molecule has 0 unspecified atom stereocenters. The lowest BCUT2D eigenvalue weighted by molar-refractivity contribution is -0.274. The average Bonchev–Trinajstić information content (AvgIpc) is 2.99. The lowest BCUT2D eigenvalue weighted by Crippen LogP contribution is -2.44. The van der Waals surface area contributed by atoms with Gasteiger partial charge in [0.25, 0.3) is 0 Å². The van der Waals surface area contributed by atoms with Gasteiger partial charge in [0, 0.05) is 18.5 Å². The number of hydrogen-bond acceptors (Lipinski definition) is 4. The van der Waals surface area contributed by atoms with Crippen molar-refractivity contribution >= 4 is 0 Å². The van der Waals surface area contributed by atoms with Crippen LogP contribution in [0.25, 0.3) is 0 Å². The topological polar surface area (TPSA) is 54.6 Å². The largest absolute Gasteiger partial charge is 0.494 e. The van der Waals surface area contributed by atoms with Gasteiger partial charge in [-0.3, -0.25) is 0 Å². The molecule has 2 aromatic rings. The molecule has 4 nitrogen and oxygen atoms in total. The number of hydrogen-bond donors (Lipinski definition) is 2. The third-order valence-electron chi connectivity index (χ3n) is 3.87. The van der Waals surface area contributed by atoms with Crippen molar-refractivity contribution in [2.75, 3.05) is 13.2 Å². The van der Waals surface area contributed by atoms with Crippen molar-refractivity contribution in [1.82, 2.24) is 5.32 Å². The van der Waals surface area contributed by atoms with E-state index in [4.69, 9.17) is 9.15 Å². The van der Waals surface area contributed by atoms with Crippen molar-refractivity contribution in [3.63, 3.8) is 0 Å². The molecule has 2 N–H and O–H groups in total. The molecule has 0 spiro atoms. The Kier molecular flexibility index (Phi) is 6.13. The van der Waals surface area contributed by atoms with Crippen molar-refractivity contribution in [3.05, 3.63) is 53.5 Å². The molecule has 1 atom stereocenters. The second kappa shape index (κ2) is 7.93. The van der Waals surface area contributed by atoms with E-state index in [0.29, 0.717) is 24.7 Å². The van der Waals surface area contributed by atoms with Gasteiger partial charge in [-0.1, -0.05) is 18.2 Å². The molecule has 2 rings (SSSR count). The van der Waals surface area contributed by atoms with Crippen LogP contribution >= 0.6 is 0 Å². The molecule has 1 aromatic carbocycles. The lowest BCUT2D eigenvalue weighted by Gasteiger charge is -2.28. The first-order valence-electron chi connectivity index (χ1n) is 8.05. The Morgan fingerprint density at radius 2 is 1.88 bits per heavy atom. The molecule has 1 aromatic heterocycles. The molecule has 0 aliphatic carbocycles. The summed E-state index contributed by atoms with van der Waals surface area (Å²) in [4.78, 5) is 0. The van der Waals surface area contributed by atoms with Gasteiger partial charge in [0.05, 0.1) is 6.61 Å². The summed E-state index contributed by atoms with van der Waals surface area (Å²) in [5.74, 6) is 0.510. The zero-order valence-electron chi connectivity index (χ0n) is 14.2. The van der Waals surface area contributed by atoms with Gasteiger partial charge in [-0.15, -0.1) is 0 Å². The Morgan fingerprint density at radius 1 is 1.16 bits per heavy atom. The van der Waals surface area contributed by atoms with Crippen molar-refractivity contribution in [3.8, 4) is 5.75 Å². The summed E-state index contributed by atoms with van der Waals surface area (Å²) in [6.07, 6.45) is -5.39. The Balaban J connectivity index is 2.01. The smallest absolute Gasteiger partial charge is 0.424 e. The van der Waals surface area contributed by atoms with Crippen LogP contribution in [0.3, 0.4) is 0 Å². The van der Waals surface area contributed by atoms with Crippen LogP contribution in [0, 0.1) is 6.92 Å². The highest BCUT2D eigenvalue weighted by Gasteiger charge is 2.56. The fourth-order valence-electron chi connectivity index (χ4n) is 2.50. The van der Waals surface area contributed by atoms with Crippen molar-refractivity contribution in [2.24, 2.45) is 0 Å². The number of nitrogens with one attached hydrogen (secondary N) is 1. The maximum Gasteiger partial charge on any atom is 0.424 e. The van der Waals surface area contributed by atoms with E-state index < -0.39 is 24.0 Å². The van der Waals surface area contributed by atoms with Crippen LogP contribution in [0.1, 0.15) is 30.4 Å². The molecule has 138 valence electrons. The molecule has 0 bridgehead atoms. The van der Waals surface area contributed by atoms with Gasteiger partial charge < -0.3 is 19.6 Å². The molecule has 0 saturated heterocycles. The SMILES string of the molecule is CCOc1ccccc1CNCC[C@](O)(c1ccc(C)o1)C(F)(F)F. The summed E-state index contributed by atoms with van der Waals surface area (Å²) >= 11 is 0. The predicted octanol–water partition coefficient (Wildman–Crippen LogP) is 3.92. The molecule has 7 heteroatoms. The zero-order valence-corrected chi connectivity index (χ0v) is 14.2. The number of para-hydroxylation sites is 1. The highest BCUT2D eigenvalue weighted by molar-refractivity contribution is 5.33. The van der Waals surface area contributed by atoms with Gasteiger partial charge in [0.2, 0.25) is 5.60 Å². The van der Waals surface area contributed by atoms with Gasteiger partial charge in [0.1, 0.15) is 17.3 Å². The van der Waals surface area contributed by atoms with Crippen molar-refractivity contribution < 1.29 is 27.4 Å². The van der Waals surface area contributed by atoms with E-state index >= 15 is 0 Å². The van der Waals surface area contributed by atoms with Gasteiger partial charge >= 0.3 is 6.18 Å². The number of ether oxygens (including phenoxy) is 1. The van der Waals surface area contributed by atoms with E-state index in [0.717, 1.165) is 11.6 Å². The van der Waals surface area contributed by atoms with E-state index in [1.165, 1.54) is 13.0 Å². The molecule has 1 heterocycles. The minimum absolute atomic E-state index is 0.0454. The normalized spacial score (nSPS) is 14.3. The van der Waals surface area contributed by atoms with Crippen LogP contribution in [0.5, 0.6) is 5.75 Å². The summed E-state index contributed by atoms with van der Waals surface area (Å²) < 4.78 is 50.6. The quantitative estimate of drug-likeness (QED) is 0.703. The first-order valence-corrected chi connectivity index (χ1v) is 8.05. The van der Waals surface area contributed by atoms with Gasteiger partial charge in [-0.2, -0.15) is 13.2 Å². The first-order chi connectivity index (χ1) is 11.8. The van der Waals surface area contributed by atoms with Gasteiger partial charge in [-0.25, -0.2) is 0 Å². The molecule has 25 heavy (non-hydrogen) atoms. The standard InChI is InChI=1S/C18H22F3NO3/c1-3-24-15-7-5-4-6-14(15)12-22-11-10-17(23,18(19,20)21)16-9-8-13(2)25-16/h4-9,22-23H,3,10-12H2,1-2H3/t17-/m0/s1. The molecule has 0 aliphatic heterocycles. The second-order valence-corrected chi connectivity index (χ2v) is 5.74. The molecular formula is C18H22F3NO3. The third-order valence-corrected chi connectivity index (χ3v) is 3.87. The fourth-order valence-corrected chi connectivity index (χ4v) is 2.50. The number of aliphatic hydroxyl groups is 1. The highest BCUT2D eigenvalue weighted by Crippen LogP contribution is 2.42. The number of alkyl halides is 3. The van der Waals surface area contributed by atoms with E-state index in [1.54, 1.807) is 6.07 Å². The van der Waals surface area contributed by atoms with Gasteiger partial charge in [0.15, 0.2) is 0 Å². The molecule has 0 saturated carbocycles. The number of halogens is 3. The summed E-state index contributed by atoms with van der Waals surface area (Å²) in [7, 11) is 0. The third kappa shape index (κ3) is 4.55. The fraction of sp³-hybridized carbons (Fsp3) is 0.444. The zero-order chi connectivity index (χ0) is 18.5. The van der Waals surface area contributed by atoms with Crippen LogP contribution in [0.15, 0.2) is 40.8 Å². The Labute approximate surface area is 144 Å². The molecule has 0 fully saturated rings. The van der Waals surface area contributed by atoms with Crippen LogP contribution in [0.2, 0.25) is 0 Å². The second-order valence-electron chi connectivity index (χ2n) is 5.74. The molecular weight excluding hydrogens is 335 g/mol. The Morgan fingerprint density at radius 3 is 2.48 bits per heavy atom. The molecule has 0 radical (unpaired) electrons. The van der Waals surface area contributed by atoms with Crippen LogP contribution in [-0.2, 0) is 12.1 Å². The average molecular weight is 357 g/mol. The number of benzene rings is 1. The number of aryl methyl sites for hydroxylation is 1. The van der Waals surface area contributed by atoms with Crippen molar-refractivity contribution in [1.29, 1.82) is 0 Å². The van der Waals surface area contributed by atoms with E-state index in [2.05, 4.69) is 5.32 Å². The summed E-state index contributed by atoms with van der Waals surface area (Å²) in [6.45, 7) is 4.18. The highest BCUT2D eigenvalue weighted by atomic mass is 19.4. The first kappa shape index (κ1) is 19.3. The molecule has 0 aliphatic rings. The maximum atomic E-state index is 13.4. The minimum Gasteiger partial charge on any atom is -0.494 e. The van der Waals surface area contributed by atoms with E-state index in [9.17, 15) is 18.3 Å². The van der Waals surface area contributed by atoms with Crippen molar-refractivity contribution in [2.45, 2.75) is 38.6 Å².